The highest BCUT2D eigenvalue weighted by Gasteiger charge is 2.07. The van der Waals surface area contributed by atoms with E-state index in [1.54, 1.807) is 10.9 Å². The average molecular weight is 261 g/mol. The second-order valence-electron chi connectivity index (χ2n) is 4.18. The van der Waals surface area contributed by atoms with Crippen LogP contribution in [0.15, 0.2) is 30.6 Å². The van der Waals surface area contributed by atoms with Crippen molar-refractivity contribution in [2.75, 3.05) is 12.3 Å². The molecule has 0 fully saturated rings. The van der Waals surface area contributed by atoms with Crippen LogP contribution in [-0.4, -0.2) is 27.5 Å². The number of hydrogen-bond acceptors (Lipinski definition) is 4. The average Bonchev–Trinajstić information content (AvgIpc) is 2.77. The van der Waals surface area contributed by atoms with E-state index in [1.807, 2.05) is 13.2 Å². The highest BCUT2D eigenvalue weighted by atomic mass is 16.5. The minimum absolute atomic E-state index is 0.158. The lowest BCUT2D eigenvalue weighted by molar-refractivity contribution is 0.0696. The van der Waals surface area contributed by atoms with Crippen LogP contribution in [0.1, 0.15) is 15.9 Å². The van der Waals surface area contributed by atoms with E-state index in [2.05, 4.69) is 5.10 Å². The molecule has 0 radical (unpaired) electrons. The summed E-state index contributed by atoms with van der Waals surface area (Å²) in [6.45, 7) is 0.416. The molecule has 0 unspecified atom stereocenters. The molecule has 0 aliphatic carbocycles. The van der Waals surface area contributed by atoms with E-state index in [0.717, 1.165) is 5.56 Å². The Labute approximate surface area is 110 Å². The Morgan fingerprint density at radius 2 is 2.32 bits per heavy atom. The molecular weight excluding hydrogens is 246 g/mol. The molecule has 0 bridgehead atoms. The first-order valence-corrected chi connectivity index (χ1v) is 5.79. The SMILES string of the molecule is Cn1cc(CCOc2cc(C(=O)O)ccc2N)cn1. The Balaban J connectivity index is 1.99. The first kappa shape index (κ1) is 12.9. The summed E-state index contributed by atoms with van der Waals surface area (Å²) in [4.78, 5) is 10.9. The molecule has 0 aliphatic rings. The Bertz CT molecular complexity index is 593. The number of carboxylic acid groups (broad SMARTS) is 1. The highest BCUT2D eigenvalue weighted by molar-refractivity contribution is 5.89. The number of nitrogen functional groups attached to an aromatic ring is 1. The fraction of sp³-hybridized carbons (Fsp3) is 0.231. The van der Waals surface area contributed by atoms with Gasteiger partial charge in [0.15, 0.2) is 0 Å². The Kier molecular flexibility index (Phi) is 3.70. The van der Waals surface area contributed by atoms with Crippen molar-refractivity contribution in [3.63, 3.8) is 0 Å². The van der Waals surface area contributed by atoms with E-state index >= 15 is 0 Å². The van der Waals surface area contributed by atoms with Gasteiger partial charge in [-0.1, -0.05) is 0 Å². The van der Waals surface area contributed by atoms with Gasteiger partial charge in [-0.05, 0) is 23.8 Å². The van der Waals surface area contributed by atoms with Crippen molar-refractivity contribution in [3.8, 4) is 5.75 Å². The van der Waals surface area contributed by atoms with Crippen LogP contribution in [0.4, 0.5) is 5.69 Å². The van der Waals surface area contributed by atoms with Crippen molar-refractivity contribution in [1.82, 2.24) is 9.78 Å². The van der Waals surface area contributed by atoms with Crippen molar-refractivity contribution >= 4 is 11.7 Å². The third-order valence-corrected chi connectivity index (χ3v) is 2.67. The van der Waals surface area contributed by atoms with Gasteiger partial charge in [0.1, 0.15) is 5.75 Å². The van der Waals surface area contributed by atoms with Gasteiger partial charge in [0.25, 0.3) is 0 Å². The van der Waals surface area contributed by atoms with Gasteiger partial charge in [0.05, 0.1) is 24.1 Å². The summed E-state index contributed by atoms with van der Waals surface area (Å²) in [7, 11) is 1.85. The predicted octanol–water partition coefficient (Wildman–Crippen LogP) is 1.32. The molecule has 0 spiro atoms. The normalized spacial score (nSPS) is 10.4. The quantitative estimate of drug-likeness (QED) is 0.792. The lowest BCUT2D eigenvalue weighted by Gasteiger charge is -2.09. The molecule has 100 valence electrons. The van der Waals surface area contributed by atoms with Crippen LogP contribution in [0.5, 0.6) is 5.75 Å². The molecule has 1 heterocycles. The maximum atomic E-state index is 10.9. The van der Waals surface area contributed by atoms with Gasteiger partial charge in [0, 0.05) is 19.7 Å². The predicted molar refractivity (Wildman–Crippen MR) is 70.2 cm³/mol. The third-order valence-electron chi connectivity index (χ3n) is 2.67. The highest BCUT2D eigenvalue weighted by Crippen LogP contribution is 2.23. The fourth-order valence-electron chi connectivity index (χ4n) is 1.67. The van der Waals surface area contributed by atoms with Gasteiger partial charge >= 0.3 is 5.97 Å². The zero-order valence-corrected chi connectivity index (χ0v) is 10.5. The van der Waals surface area contributed by atoms with E-state index < -0.39 is 5.97 Å². The van der Waals surface area contributed by atoms with Gasteiger partial charge in [-0.2, -0.15) is 5.10 Å². The number of nitrogens with two attached hydrogens (primary N) is 1. The van der Waals surface area contributed by atoms with Gasteiger partial charge < -0.3 is 15.6 Å². The topological polar surface area (TPSA) is 90.4 Å². The molecule has 0 aliphatic heterocycles. The van der Waals surface area contributed by atoms with E-state index in [9.17, 15) is 4.79 Å². The number of aromatic carboxylic acids is 1. The number of aryl methyl sites for hydroxylation is 1. The van der Waals surface area contributed by atoms with Crippen LogP contribution in [0, 0.1) is 0 Å². The maximum Gasteiger partial charge on any atom is 0.335 e. The van der Waals surface area contributed by atoms with E-state index in [-0.39, 0.29) is 5.56 Å². The number of hydrogen-bond donors (Lipinski definition) is 2. The minimum Gasteiger partial charge on any atom is -0.491 e. The second kappa shape index (κ2) is 5.43. The molecule has 2 rings (SSSR count). The molecule has 1 aromatic carbocycles. The van der Waals surface area contributed by atoms with Gasteiger partial charge in [-0.25, -0.2) is 4.79 Å². The van der Waals surface area contributed by atoms with Crippen LogP contribution in [-0.2, 0) is 13.5 Å². The first-order chi connectivity index (χ1) is 9.06. The minimum atomic E-state index is -1.00. The van der Waals surface area contributed by atoms with E-state index in [1.165, 1.54) is 18.2 Å². The van der Waals surface area contributed by atoms with Gasteiger partial charge in [0.2, 0.25) is 0 Å². The van der Waals surface area contributed by atoms with E-state index in [4.69, 9.17) is 15.6 Å². The smallest absolute Gasteiger partial charge is 0.335 e. The number of anilines is 1. The van der Waals surface area contributed by atoms with Crippen LogP contribution in [0.3, 0.4) is 0 Å². The van der Waals surface area contributed by atoms with Crippen LogP contribution in [0.25, 0.3) is 0 Å². The van der Waals surface area contributed by atoms with Crippen LogP contribution in [0.2, 0.25) is 0 Å². The molecule has 0 amide bonds. The largest absolute Gasteiger partial charge is 0.491 e. The Hall–Kier alpha value is -2.50. The summed E-state index contributed by atoms with van der Waals surface area (Å²) in [6, 6.07) is 4.41. The zero-order chi connectivity index (χ0) is 13.8. The number of benzene rings is 1. The molecule has 0 saturated heterocycles. The van der Waals surface area contributed by atoms with Crippen molar-refractivity contribution in [1.29, 1.82) is 0 Å². The number of carboxylic acids is 1. The van der Waals surface area contributed by atoms with Gasteiger partial charge in [-0.3, -0.25) is 4.68 Å². The summed E-state index contributed by atoms with van der Waals surface area (Å²) in [5.41, 5.74) is 7.38. The Morgan fingerprint density at radius 3 is 2.95 bits per heavy atom. The number of rotatable bonds is 5. The molecular formula is C13H15N3O3. The standard InChI is InChI=1S/C13H15N3O3/c1-16-8-9(7-15-16)4-5-19-12-6-10(13(17)18)2-3-11(12)14/h2-3,6-8H,4-5,14H2,1H3,(H,17,18). The zero-order valence-electron chi connectivity index (χ0n) is 10.5. The molecule has 19 heavy (non-hydrogen) atoms. The van der Waals surface area contributed by atoms with Crippen LogP contribution < -0.4 is 10.5 Å². The second-order valence-corrected chi connectivity index (χ2v) is 4.18. The molecule has 2 aromatic rings. The van der Waals surface area contributed by atoms with Crippen molar-refractivity contribution < 1.29 is 14.6 Å². The molecule has 1 aromatic heterocycles. The number of nitrogens with zero attached hydrogens (tertiary/aromatic N) is 2. The Morgan fingerprint density at radius 1 is 1.53 bits per heavy atom. The molecule has 0 saturated carbocycles. The molecule has 6 heteroatoms. The number of carbonyl (C=O) groups is 1. The third kappa shape index (κ3) is 3.25. The summed E-state index contributed by atoms with van der Waals surface area (Å²) in [5, 5.41) is 13.0. The van der Waals surface area contributed by atoms with Crippen molar-refractivity contribution in [3.05, 3.63) is 41.7 Å². The number of aromatic nitrogens is 2. The molecule has 0 atom stereocenters. The first-order valence-electron chi connectivity index (χ1n) is 5.79. The summed E-state index contributed by atoms with van der Waals surface area (Å²) in [6.07, 6.45) is 4.35. The van der Waals surface area contributed by atoms with Crippen molar-refractivity contribution in [2.24, 2.45) is 7.05 Å². The monoisotopic (exact) mass is 261 g/mol. The fourth-order valence-corrected chi connectivity index (χ4v) is 1.67. The number of ether oxygens (including phenoxy) is 1. The maximum absolute atomic E-state index is 10.9. The lowest BCUT2D eigenvalue weighted by atomic mass is 10.2. The molecule has 3 N–H and O–H groups in total. The van der Waals surface area contributed by atoms with E-state index in [0.29, 0.717) is 24.5 Å². The summed E-state index contributed by atoms with van der Waals surface area (Å²) < 4.78 is 7.23. The summed E-state index contributed by atoms with van der Waals surface area (Å²) in [5.74, 6) is -0.610. The lowest BCUT2D eigenvalue weighted by Crippen LogP contribution is -2.05. The summed E-state index contributed by atoms with van der Waals surface area (Å²) >= 11 is 0. The van der Waals surface area contributed by atoms with Gasteiger partial charge in [-0.15, -0.1) is 0 Å². The molecule has 6 nitrogen and oxygen atoms in total. The van der Waals surface area contributed by atoms with Crippen molar-refractivity contribution in [2.45, 2.75) is 6.42 Å². The van der Waals surface area contributed by atoms with Crippen LogP contribution >= 0.6 is 0 Å².